The van der Waals surface area contributed by atoms with Gasteiger partial charge in [0, 0.05) is 31.2 Å². The highest BCUT2D eigenvalue weighted by molar-refractivity contribution is 5.90. The third-order valence-corrected chi connectivity index (χ3v) is 3.76. The van der Waals surface area contributed by atoms with Crippen molar-refractivity contribution in [1.29, 1.82) is 0 Å². The van der Waals surface area contributed by atoms with Crippen LogP contribution >= 0.6 is 12.4 Å². The number of likely N-dealkylation sites (tertiary alicyclic amines) is 1. The first-order chi connectivity index (χ1) is 9.69. The van der Waals surface area contributed by atoms with E-state index in [0.717, 1.165) is 13.0 Å². The van der Waals surface area contributed by atoms with Gasteiger partial charge in [-0.15, -0.1) is 12.4 Å². The Morgan fingerprint density at radius 2 is 2.24 bits per heavy atom. The highest BCUT2D eigenvalue weighted by atomic mass is 35.5. The average Bonchev–Trinajstić information content (AvgIpc) is 2.45. The van der Waals surface area contributed by atoms with Crippen LogP contribution in [0, 0.1) is 5.82 Å². The lowest BCUT2D eigenvalue weighted by molar-refractivity contribution is -0.116. The summed E-state index contributed by atoms with van der Waals surface area (Å²) in [5.41, 5.74) is 6.26. The standard InChI is InChI=1S/C15H22FN3O.ClH/c16-12-4-3-5-13(10-12)18-15(20)7-9-19-8-2-1-6-14(19)11-17;/h3-5,10,14H,1-2,6-9,11,17H2,(H,18,20);1H. The first kappa shape index (κ1) is 17.9. The van der Waals surface area contributed by atoms with E-state index in [1.165, 1.54) is 25.0 Å². The minimum atomic E-state index is -0.345. The number of benzene rings is 1. The summed E-state index contributed by atoms with van der Waals surface area (Å²) in [5, 5.41) is 2.72. The summed E-state index contributed by atoms with van der Waals surface area (Å²) in [6, 6.07) is 6.34. The molecule has 3 N–H and O–H groups in total. The molecule has 1 aromatic carbocycles. The van der Waals surface area contributed by atoms with Crippen LogP contribution in [0.1, 0.15) is 25.7 Å². The molecule has 0 saturated carbocycles. The monoisotopic (exact) mass is 315 g/mol. The highest BCUT2D eigenvalue weighted by Crippen LogP contribution is 2.16. The van der Waals surface area contributed by atoms with Crippen LogP contribution in [-0.4, -0.2) is 36.5 Å². The Bertz CT molecular complexity index is 458. The molecule has 1 aromatic rings. The van der Waals surface area contributed by atoms with Crippen LogP contribution in [0.25, 0.3) is 0 Å². The van der Waals surface area contributed by atoms with E-state index in [4.69, 9.17) is 5.73 Å². The summed E-state index contributed by atoms with van der Waals surface area (Å²) in [6.45, 7) is 2.36. The second-order valence-electron chi connectivity index (χ2n) is 5.23. The molecule has 21 heavy (non-hydrogen) atoms. The molecular formula is C15H23ClFN3O. The molecule has 2 rings (SSSR count). The number of nitrogens with zero attached hydrogens (tertiary/aromatic N) is 1. The summed E-state index contributed by atoms with van der Waals surface area (Å²) >= 11 is 0. The number of amides is 1. The van der Waals surface area contributed by atoms with Gasteiger partial charge in [0.05, 0.1) is 0 Å². The largest absolute Gasteiger partial charge is 0.329 e. The van der Waals surface area contributed by atoms with Crippen LogP contribution in [0.3, 0.4) is 0 Å². The summed E-state index contributed by atoms with van der Waals surface area (Å²) in [6.07, 6.45) is 3.91. The Hall–Kier alpha value is -1.17. The Labute approximate surface area is 131 Å². The van der Waals surface area contributed by atoms with Crippen molar-refractivity contribution in [3.8, 4) is 0 Å². The number of anilines is 1. The summed E-state index contributed by atoms with van der Waals surface area (Å²) in [7, 11) is 0. The molecule has 4 nitrogen and oxygen atoms in total. The lowest BCUT2D eigenvalue weighted by Crippen LogP contribution is -2.45. The molecule has 1 saturated heterocycles. The number of piperidine rings is 1. The fraction of sp³-hybridized carbons (Fsp3) is 0.533. The molecule has 1 aliphatic rings. The Morgan fingerprint density at radius 3 is 2.95 bits per heavy atom. The van der Waals surface area contributed by atoms with Crippen molar-refractivity contribution in [2.45, 2.75) is 31.7 Å². The zero-order valence-electron chi connectivity index (χ0n) is 12.1. The van der Waals surface area contributed by atoms with Gasteiger partial charge >= 0.3 is 0 Å². The number of carbonyl (C=O) groups excluding carboxylic acids is 1. The second kappa shape index (κ2) is 8.97. The number of hydrogen-bond acceptors (Lipinski definition) is 3. The van der Waals surface area contributed by atoms with Crippen molar-refractivity contribution in [2.75, 3.05) is 25.0 Å². The van der Waals surface area contributed by atoms with Gasteiger partial charge < -0.3 is 11.1 Å². The Kier molecular flexibility index (Phi) is 7.64. The quantitative estimate of drug-likeness (QED) is 0.877. The maximum absolute atomic E-state index is 13.0. The van der Waals surface area contributed by atoms with Crippen molar-refractivity contribution in [3.05, 3.63) is 30.1 Å². The van der Waals surface area contributed by atoms with Gasteiger partial charge in [-0.3, -0.25) is 9.69 Å². The third-order valence-electron chi connectivity index (χ3n) is 3.76. The van der Waals surface area contributed by atoms with Gasteiger partial charge in [0.2, 0.25) is 5.91 Å². The lowest BCUT2D eigenvalue weighted by atomic mass is 10.0. The molecule has 0 aromatic heterocycles. The van der Waals surface area contributed by atoms with Crippen molar-refractivity contribution < 1.29 is 9.18 Å². The van der Waals surface area contributed by atoms with E-state index < -0.39 is 0 Å². The number of nitrogens with two attached hydrogens (primary N) is 1. The van der Waals surface area contributed by atoms with Crippen LogP contribution < -0.4 is 11.1 Å². The van der Waals surface area contributed by atoms with Crippen LogP contribution in [0.2, 0.25) is 0 Å². The SMILES string of the molecule is Cl.NCC1CCCCN1CCC(=O)Nc1cccc(F)c1. The van der Waals surface area contributed by atoms with Gasteiger partial charge in [-0.25, -0.2) is 4.39 Å². The molecule has 1 amide bonds. The molecule has 0 aliphatic carbocycles. The fourth-order valence-corrected chi connectivity index (χ4v) is 2.66. The molecule has 0 bridgehead atoms. The molecule has 0 spiro atoms. The van der Waals surface area contributed by atoms with E-state index >= 15 is 0 Å². The molecular weight excluding hydrogens is 293 g/mol. The van der Waals surface area contributed by atoms with Crippen molar-refractivity contribution in [2.24, 2.45) is 5.73 Å². The van der Waals surface area contributed by atoms with E-state index in [-0.39, 0.29) is 24.1 Å². The first-order valence-corrected chi connectivity index (χ1v) is 7.18. The molecule has 1 heterocycles. The van der Waals surface area contributed by atoms with Crippen molar-refractivity contribution >= 4 is 24.0 Å². The van der Waals surface area contributed by atoms with Gasteiger partial charge in [-0.05, 0) is 37.6 Å². The molecule has 1 aliphatic heterocycles. The maximum Gasteiger partial charge on any atom is 0.225 e. The Balaban J connectivity index is 0.00000220. The number of halogens is 2. The molecule has 0 radical (unpaired) electrons. The summed E-state index contributed by atoms with van der Waals surface area (Å²) in [4.78, 5) is 14.2. The molecule has 1 unspecified atom stereocenters. The van der Waals surface area contributed by atoms with E-state index in [1.54, 1.807) is 12.1 Å². The average molecular weight is 316 g/mol. The maximum atomic E-state index is 13.0. The number of carbonyl (C=O) groups is 1. The molecule has 1 atom stereocenters. The topological polar surface area (TPSA) is 58.4 Å². The number of nitrogens with one attached hydrogen (secondary N) is 1. The van der Waals surface area contributed by atoms with E-state index in [9.17, 15) is 9.18 Å². The smallest absolute Gasteiger partial charge is 0.225 e. The lowest BCUT2D eigenvalue weighted by Gasteiger charge is -2.34. The predicted octanol–water partition coefficient (Wildman–Crippen LogP) is 2.39. The summed E-state index contributed by atoms with van der Waals surface area (Å²) < 4.78 is 13.0. The highest BCUT2D eigenvalue weighted by Gasteiger charge is 2.21. The normalized spacial score (nSPS) is 18.9. The minimum Gasteiger partial charge on any atom is -0.329 e. The minimum absolute atomic E-state index is 0. The van der Waals surface area contributed by atoms with Gasteiger partial charge in [-0.1, -0.05) is 12.5 Å². The van der Waals surface area contributed by atoms with E-state index in [2.05, 4.69) is 10.2 Å². The predicted molar refractivity (Wildman–Crippen MR) is 85.2 cm³/mol. The number of rotatable bonds is 5. The number of hydrogen-bond donors (Lipinski definition) is 2. The van der Waals surface area contributed by atoms with Crippen LogP contribution in [0.15, 0.2) is 24.3 Å². The summed E-state index contributed by atoms with van der Waals surface area (Å²) in [5.74, 6) is -0.432. The van der Waals surface area contributed by atoms with Crippen molar-refractivity contribution in [3.63, 3.8) is 0 Å². The van der Waals surface area contributed by atoms with E-state index in [1.807, 2.05) is 0 Å². The molecule has 1 fully saturated rings. The van der Waals surface area contributed by atoms with Crippen LogP contribution in [0.5, 0.6) is 0 Å². The van der Waals surface area contributed by atoms with Gasteiger partial charge in [0.25, 0.3) is 0 Å². The zero-order valence-corrected chi connectivity index (χ0v) is 12.9. The van der Waals surface area contributed by atoms with Gasteiger partial charge in [0.1, 0.15) is 5.82 Å². The van der Waals surface area contributed by atoms with Gasteiger partial charge in [0.15, 0.2) is 0 Å². The first-order valence-electron chi connectivity index (χ1n) is 7.18. The molecule has 118 valence electrons. The molecule has 6 heteroatoms. The Morgan fingerprint density at radius 1 is 1.43 bits per heavy atom. The fourth-order valence-electron chi connectivity index (χ4n) is 2.66. The van der Waals surface area contributed by atoms with Crippen LogP contribution in [-0.2, 0) is 4.79 Å². The second-order valence-corrected chi connectivity index (χ2v) is 5.23. The van der Waals surface area contributed by atoms with Crippen LogP contribution in [0.4, 0.5) is 10.1 Å². The third kappa shape index (κ3) is 5.61. The zero-order chi connectivity index (χ0) is 14.4. The van der Waals surface area contributed by atoms with E-state index in [0.29, 0.717) is 31.2 Å². The van der Waals surface area contributed by atoms with Crippen molar-refractivity contribution in [1.82, 2.24) is 4.90 Å². The van der Waals surface area contributed by atoms with Gasteiger partial charge in [-0.2, -0.15) is 0 Å².